The molecule has 1 heterocycles. The molecule has 0 spiro atoms. The average Bonchev–Trinajstić information content (AvgIpc) is 2.78. The van der Waals surface area contributed by atoms with E-state index < -0.39 is 22.5 Å². The van der Waals surface area contributed by atoms with Gasteiger partial charge in [-0.05, 0) is 50.4 Å². The second-order valence-electron chi connectivity index (χ2n) is 7.38. The van der Waals surface area contributed by atoms with Crippen LogP contribution in [0.1, 0.15) is 19.8 Å². The van der Waals surface area contributed by atoms with E-state index in [0.717, 1.165) is 35.9 Å². The molecule has 1 saturated heterocycles. The predicted molar refractivity (Wildman–Crippen MR) is 126 cm³/mol. The first-order chi connectivity index (χ1) is 15.3. The van der Waals surface area contributed by atoms with Crippen LogP contribution in [0.25, 0.3) is 0 Å². The third kappa shape index (κ3) is 5.99. The van der Waals surface area contributed by atoms with Crippen molar-refractivity contribution in [2.75, 3.05) is 37.6 Å². The van der Waals surface area contributed by atoms with E-state index in [1.807, 2.05) is 7.05 Å². The molecule has 0 bridgehead atoms. The van der Waals surface area contributed by atoms with E-state index >= 15 is 0 Å². The van der Waals surface area contributed by atoms with E-state index in [4.69, 9.17) is 16.3 Å². The van der Waals surface area contributed by atoms with Gasteiger partial charge < -0.3 is 9.64 Å². The molecular weight excluding hydrogens is 452 g/mol. The van der Waals surface area contributed by atoms with Crippen molar-refractivity contribution < 1.29 is 17.9 Å². The minimum atomic E-state index is -4.08. The van der Waals surface area contributed by atoms with Crippen LogP contribution in [0.2, 0.25) is 5.02 Å². The molecule has 1 aliphatic heterocycles. The molecule has 0 unspecified atom stereocenters. The first-order valence-electron chi connectivity index (χ1n) is 10.3. The molecule has 8 nitrogen and oxygen atoms in total. The Morgan fingerprint density at radius 2 is 1.81 bits per heavy atom. The number of hydrogen-bond acceptors (Lipinski definition) is 6. The maximum absolute atomic E-state index is 13.5. The van der Waals surface area contributed by atoms with Gasteiger partial charge in [-0.3, -0.25) is 9.10 Å². The number of anilines is 1. The molecule has 2 aromatic rings. The van der Waals surface area contributed by atoms with Gasteiger partial charge in [0.25, 0.3) is 15.9 Å². The van der Waals surface area contributed by atoms with Gasteiger partial charge in [0.15, 0.2) is 0 Å². The highest BCUT2D eigenvalue weighted by molar-refractivity contribution is 7.92. The lowest BCUT2D eigenvalue weighted by atomic mass is 10.1. The maximum Gasteiger partial charge on any atom is 0.264 e. The van der Waals surface area contributed by atoms with Crippen LogP contribution in [0, 0.1) is 0 Å². The number of nitrogens with zero attached hydrogens (tertiary/aromatic N) is 3. The number of halogens is 1. The molecule has 1 aliphatic rings. The van der Waals surface area contributed by atoms with Gasteiger partial charge in [-0.1, -0.05) is 23.7 Å². The molecule has 32 heavy (non-hydrogen) atoms. The number of hydrazone groups is 1. The van der Waals surface area contributed by atoms with Crippen LogP contribution in [-0.4, -0.2) is 58.2 Å². The molecule has 0 radical (unpaired) electrons. The number of sulfonamides is 1. The van der Waals surface area contributed by atoms with Gasteiger partial charge >= 0.3 is 0 Å². The Morgan fingerprint density at radius 1 is 1.16 bits per heavy atom. The highest BCUT2D eigenvalue weighted by Crippen LogP contribution is 2.32. The maximum atomic E-state index is 13.5. The molecule has 10 heteroatoms. The van der Waals surface area contributed by atoms with Crippen molar-refractivity contribution in [2.24, 2.45) is 5.10 Å². The van der Waals surface area contributed by atoms with E-state index in [1.165, 1.54) is 24.3 Å². The molecule has 0 aromatic heterocycles. The van der Waals surface area contributed by atoms with Crippen LogP contribution in [0.4, 0.5) is 5.69 Å². The normalized spacial score (nSPS) is 14.7. The Bertz CT molecular complexity index is 1060. The van der Waals surface area contributed by atoms with E-state index in [1.54, 1.807) is 31.2 Å². The highest BCUT2D eigenvalue weighted by atomic mass is 35.5. The van der Waals surface area contributed by atoms with Gasteiger partial charge in [-0.15, -0.1) is 0 Å². The van der Waals surface area contributed by atoms with Gasteiger partial charge in [-0.25, -0.2) is 13.8 Å². The lowest BCUT2D eigenvalue weighted by molar-refractivity contribution is -0.119. The Labute approximate surface area is 193 Å². The fourth-order valence-corrected chi connectivity index (χ4v) is 4.83. The summed E-state index contributed by atoms with van der Waals surface area (Å²) in [6.45, 7) is 3.44. The number of ether oxygens (including phenoxy) is 1. The van der Waals surface area contributed by atoms with Crippen LogP contribution >= 0.6 is 11.6 Å². The van der Waals surface area contributed by atoms with Gasteiger partial charge in [0.05, 0.1) is 17.2 Å². The number of amides is 1. The van der Waals surface area contributed by atoms with Crippen LogP contribution < -0.4 is 14.5 Å². The number of carbonyl (C=O) groups is 1. The van der Waals surface area contributed by atoms with Crippen molar-refractivity contribution in [1.82, 2.24) is 10.3 Å². The Morgan fingerprint density at radius 3 is 2.47 bits per heavy atom. The highest BCUT2D eigenvalue weighted by Gasteiger charge is 2.29. The Kier molecular flexibility index (Phi) is 8.11. The van der Waals surface area contributed by atoms with E-state index in [0.29, 0.717) is 17.4 Å². The minimum absolute atomic E-state index is 0.0163. The van der Waals surface area contributed by atoms with Crippen molar-refractivity contribution >= 4 is 38.9 Å². The van der Waals surface area contributed by atoms with Crippen molar-refractivity contribution in [3.63, 3.8) is 0 Å². The number of piperidine rings is 1. The smallest absolute Gasteiger partial charge is 0.264 e. The van der Waals surface area contributed by atoms with Crippen molar-refractivity contribution in [2.45, 2.75) is 24.7 Å². The molecule has 3 rings (SSSR count). The molecule has 172 valence electrons. The SMILES string of the molecule is CCOc1ccccc1N(CC(=O)NN=C1CCN(C)CC1)S(=O)(=O)c1ccc(Cl)cc1. The summed E-state index contributed by atoms with van der Waals surface area (Å²) in [7, 11) is -2.05. The number of benzene rings is 2. The summed E-state index contributed by atoms with van der Waals surface area (Å²) >= 11 is 5.92. The van der Waals surface area contributed by atoms with Crippen LogP contribution in [0.5, 0.6) is 5.75 Å². The van der Waals surface area contributed by atoms with Crippen molar-refractivity contribution in [3.05, 3.63) is 53.6 Å². The molecule has 0 saturated carbocycles. The molecule has 2 aromatic carbocycles. The molecular formula is C22H27ClN4O4S. The first kappa shape index (κ1) is 24.0. The largest absolute Gasteiger partial charge is 0.492 e. The summed E-state index contributed by atoms with van der Waals surface area (Å²) in [5, 5.41) is 4.62. The van der Waals surface area contributed by atoms with Crippen molar-refractivity contribution in [1.29, 1.82) is 0 Å². The Hall–Kier alpha value is -2.62. The summed E-state index contributed by atoms with van der Waals surface area (Å²) < 4.78 is 33.6. The second-order valence-corrected chi connectivity index (χ2v) is 9.68. The summed E-state index contributed by atoms with van der Waals surface area (Å²) in [6.07, 6.45) is 1.52. The fraction of sp³-hybridized carbons (Fsp3) is 0.364. The third-order valence-corrected chi connectivity index (χ3v) is 7.05. The summed E-state index contributed by atoms with van der Waals surface area (Å²) in [5.74, 6) is -0.178. The van der Waals surface area contributed by atoms with Crippen LogP contribution in [0.15, 0.2) is 58.5 Å². The fourth-order valence-electron chi connectivity index (χ4n) is 3.27. The zero-order chi connectivity index (χ0) is 23.1. The van der Waals surface area contributed by atoms with Crippen molar-refractivity contribution in [3.8, 4) is 5.75 Å². The van der Waals surface area contributed by atoms with E-state index in [-0.39, 0.29) is 10.6 Å². The van der Waals surface area contributed by atoms with Crippen LogP contribution in [0.3, 0.4) is 0 Å². The van der Waals surface area contributed by atoms with Gasteiger partial charge in [0, 0.05) is 36.7 Å². The van der Waals surface area contributed by atoms with Gasteiger partial charge in [0.1, 0.15) is 12.3 Å². The molecule has 1 amide bonds. The average molecular weight is 479 g/mol. The number of carbonyl (C=O) groups excluding carboxylic acids is 1. The summed E-state index contributed by atoms with van der Waals surface area (Å²) in [5.41, 5.74) is 3.67. The number of nitrogens with one attached hydrogen (secondary N) is 1. The minimum Gasteiger partial charge on any atom is -0.492 e. The zero-order valence-corrected chi connectivity index (χ0v) is 19.7. The second kappa shape index (κ2) is 10.8. The molecule has 0 atom stereocenters. The monoisotopic (exact) mass is 478 g/mol. The van der Waals surface area contributed by atoms with Crippen LogP contribution in [-0.2, 0) is 14.8 Å². The number of hydrogen-bond donors (Lipinski definition) is 1. The number of likely N-dealkylation sites (tertiary alicyclic amines) is 1. The number of para-hydroxylation sites is 2. The Balaban J connectivity index is 1.90. The molecule has 0 aliphatic carbocycles. The summed E-state index contributed by atoms with van der Waals surface area (Å²) in [6, 6.07) is 12.5. The van der Waals surface area contributed by atoms with E-state index in [2.05, 4.69) is 15.4 Å². The topological polar surface area (TPSA) is 91.3 Å². The zero-order valence-electron chi connectivity index (χ0n) is 18.1. The predicted octanol–water partition coefficient (Wildman–Crippen LogP) is 3.13. The molecule has 1 N–H and O–H groups in total. The van der Waals surface area contributed by atoms with Gasteiger partial charge in [-0.2, -0.15) is 5.10 Å². The lowest BCUT2D eigenvalue weighted by Crippen LogP contribution is -2.40. The molecule has 1 fully saturated rings. The van der Waals surface area contributed by atoms with E-state index in [9.17, 15) is 13.2 Å². The number of rotatable bonds is 8. The van der Waals surface area contributed by atoms with Gasteiger partial charge in [0.2, 0.25) is 0 Å². The standard InChI is InChI=1S/C22H27ClN4O4S/c1-3-31-21-7-5-4-6-20(21)27(32(29,30)19-10-8-17(23)9-11-19)16-22(28)25-24-18-12-14-26(2)15-13-18/h4-11H,3,12-16H2,1-2H3,(H,25,28). The quantitative estimate of drug-likeness (QED) is 0.588. The lowest BCUT2D eigenvalue weighted by Gasteiger charge is -2.26. The third-order valence-electron chi connectivity index (χ3n) is 5.03. The first-order valence-corrected chi connectivity index (χ1v) is 12.2. The summed E-state index contributed by atoms with van der Waals surface area (Å²) in [4.78, 5) is 14.9.